The number of thiol groups is 1. The number of alkyl halides is 3. The summed E-state index contributed by atoms with van der Waals surface area (Å²) in [6.07, 6.45) is -4.45. The molecule has 0 radical (unpaired) electrons. The first-order valence-electron chi connectivity index (χ1n) is 14.2. The number of nitrogens with one attached hydrogen (secondary N) is 1. The zero-order chi connectivity index (χ0) is 36.7. The third-order valence-corrected chi connectivity index (χ3v) is 7.09. The first-order valence-corrected chi connectivity index (χ1v) is 15.1. The average Bonchev–Trinajstić information content (AvgIpc) is 3.04. The highest BCUT2D eigenvalue weighted by Crippen LogP contribution is 2.30. The van der Waals surface area contributed by atoms with Crippen LogP contribution in [-0.2, 0) is 28.8 Å². The average molecular weight is 769 g/mol. The van der Waals surface area contributed by atoms with Gasteiger partial charge in [0.05, 0.1) is 29.1 Å². The minimum absolute atomic E-state index is 0. The van der Waals surface area contributed by atoms with Gasteiger partial charge in [0, 0.05) is 17.3 Å². The summed E-state index contributed by atoms with van der Waals surface area (Å²) < 4.78 is 106. The van der Waals surface area contributed by atoms with Crippen molar-refractivity contribution in [3.05, 3.63) is 129 Å². The number of benzene rings is 4. The van der Waals surface area contributed by atoms with Gasteiger partial charge in [0.15, 0.2) is 23.3 Å². The van der Waals surface area contributed by atoms with Gasteiger partial charge in [0.1, 0.15) is 5.60 Å². The number of rotatable bonds is 8. The largest absolute Gasteiger partial charge is 0.456 e. The lowest BCUT2D eigenvalue weighted by atomic mass is 10.1. The van der Waals surface area contributed by atoms with Gasteiger partial charge >= 0.3 is 12.1 Å². The maximum Gasteiger partial charge on any atom is 0.416 e. The Balaban J connectivity index is 0.000000789. The molecule has 4 rings (SSSR count). The van der Waals surface area contributed by atoms with Crippen molar-refractivity contribution in [2.24, 2.45) is 0 Å². The molecule has 0 heterocycles. The standard InChI is InChI=1S/C28H28ClF3N2O3.C6HF5S.2H2O/c1-27(2,3)37-26(36)21-8-14-24(15-9-21)34(18-20-4-10-22(11-5-20)28(30,31)32)25(35)17-33-16-19-6-12-23(29)13-7-19;7-1-2(8)4(10)6(12)5(11)3(1)9;;/h4-15,33H,16-18H2,1-3H3;12H;2*1H2. The lowest BCUT2D eigenvalue weighted by molar-refractivity contribution is -0.137. The van der Waals surface area contributed by atoms with Gasteiger partial charge in [-0.05, 0) is 80.4 Å². The molecular weight excluding hydrogens is 736 g/mol. The van der Waals surface area contributed by atoms with Crippen molar-refractivity contribution in [3.63, 3.8) is 0 Å². The molecule has 0 saturated heterocycles. The molecule has 0 saturated carbocycles. The molecule has 5 N–H and O–H groups in total. The van der Waals surface area contributed by atoms with Crippen LogP contribution in [0, 0.1) is 29.1 Å². The maximum atomic E-state index is 13.2. The van der Waals surface area contributed by atoms with Crippen LogP contribution in [0.25, 0.3) is 0 Å². The second-order valence-electron chi connectivity index (χ2n) is 11.4. The van der Waals surface area contributed by atoms with Crippen LogP contribution in [0.4, 0.5) is 40.8 Å². The number of hydrogen-bond donors (Lipinski definition) is 2. The monoisotopic (exact) mass is 768 g/mol. The normalized spacial score (nSPS) is 11.0. The van der Waals surface area contributed by atoms with Gasteiger partial charge in [-0.3, -0.25) is 4.79 Å². The number of carbonyl (C=O) groups excluding carboxylic acids is 2. The van der Waals surface area contributed by atoms with Crippen LogP contribution in [0.5, 0.6) is 0 Å². The molecule has 0 atom stereocenters. The number of halogens is 9. The van der Waals surface area contributed by atoms with Gasteiger partial charge in [-0.15, -0.1) is 12.6 Å². The number of amides is 1. The lowest BCUT2D eigenvalue weighted by Gasteiger charge is -2.24. The van der Waals surface area contributed by atoms with E-state index in [-0.39, 0.29) is 29.9 Å². The fourth-order valence-corrected chi connectivity index (χ4v) is 4.35. The number of anilines is 1. The fourth-order valence-electron chi connectivity index (χ4n) is 4.02. The van der Waals surface area contributed by atoms with E-state index in [1.807, 2.05) is 12.1 Å². The van der Waals surface area contributed by atoms with Gasteiger partial charge in [0.2, 0.25) is 11.7 Å². The summed E-state index contributed by atoms with van der Waals surface area (Å²) >= 11 is 9.01. The molecule has 17 heteroatoms. The van der Waals surface area contributed by atoms with Crippen molar-refractivity contribution in [2.75, 3.05) is 11.4 Å². The van der Waals surface area contributed by atoms with Crippen molar-refractivity contribution in [1.29, 1.82) is 0 Å². The van der Waals surface area contributed by atoms with Gasteiger partial charge < -0.3 is 25.9 Å². The molecule has 278 valence electrons. The van der Waals surface area contributed by atoms with E-state index in [1.165, 1.54) is 17.0 Å². The molecule has 4 aromatic rings. The first kappa shape index (κ1) is 44.8. The summed E-state index contributed by atoms with van der Waals surface area (Å²) in [5, 5.41) is 3.69. The quantitative estimate of drug-likeness (QED) is 0.0629. The Labute approximate surface area is 298 Å². The zero-order valence-corrected chi connectivity index (χ0v) is 28.7. The van der Waals surface area contributed by atoms with E-state index in [1.54, 1.807) is 57.2 Å². The van der Waals surface area contributed by atoms with E-state index in [9.17, 15) is 44.7 Å². The molecule has 0 unspecified atom stereocenters. The van der Waals surface area contributed by atoms with Crippen molar-refractivity contribution in [2.45, 2.75) is 50.5 Å². The van der Waals surface area contributed by atoms with E-state index in [2.05, 4.69) is 17.9 Å². The highest BCUT2D eigenvalue weighted by Gasteiger charge is 2.30. The molecule has 0 spiro atoms. The smallest absolute Gasteiger partial charge is 0.416 e. The Morgan fingerprint density at radius 2 is 1.22 bits per heavy atom. The Kier molecular flexibility index (Phi) is 16.6. The highest BCUT2D eigenvalue weighted by atomic mass is 35.5. The summed E-state index contributed by atoms with van der Waals surface area (Å²) in [5.74, 6) is -10.8. The summed E-state index contributed by atoms with van der Waals surface area (Å²) in [7, 11) is 0. The zero-order valence-electron chi connectivity index (χ0n) is 27.1. The molecular formula is C34H33ClF8N2O5S. The number of hydrogen-bond acceptors (Lipinski definition) is 5. The summed E-state index contributed by atoms with van der Waals surface area (Å²) in [6.45, 7) is 5.75. The maximum absolute atomic E-state index is 13.2. The van der Waals surface area contributed by atoms with Gasteiger partial charge in [-0.2, -0.15) is 13.2 Å². The minimum Gasteiger partial charge on any atom is -0.456 e. The summed E-state index contributed by atoms with van der Waals surface area (Å²) in [4.78, 5) is 25.8. The molecule has 0 aliphatic heterocycles. The van der Waals surface area contributed by atoms with Crippen molar-refractivity contribution < 1.29 is 60.4 Å². The molecule has 4 aromatic carbocycles. The van der Waals surface area contributed by atoms with E-state index >= 15 is 0 Å². The molecule has 0 aromatic heterocycles. The van der Waals surface area contributed by atoms with E-state index in [0.29, 0.717) is 28.4 Å². The van der Waals surface area contributed by atoms with Crippen molar-refractivity contribution >= 4 is 41.8 Å². The Morgan fingerprint density at radius 1 is 0.745 bits per heavy atom. The van der Waals surface area contributed by atoms with Crippen LogP contribution in [0.3, 0.4) is 0 Å². The van der Waals surface area contributed by atoms with Gasteiger partial charge in [-0.1, -0.05) is 35.9 Å². The van der Waals surface area contributed by atoms with Gasteiger partial charge in [-0.25, -0.2) is 26.7 Å². The second kappa shape index (κ2) is 18.9. The predicted octanol–water partition coefficient (Wildman–Crippen LogP) is 7.66. The molecule has 7 nitrogen and oxygen atoms in total. The summed E-state index contributed by atoms with van der Waals surface area (Å²) in [5.41, 5.74) is 0.853. The van der Waals surface area contributed by atoms with Crippen LogP contribution in [-0.4, -0.2) is 35.0 Å². The predicted molar refractivity (Wildman–Crippen MR) is 178 cm³/mol. The molecule has 1 amide bonds. The van der Waals surface area contributed by atoms with E-state index < -0.39 is 57.3 Å². The van der Waals surface area contributed by atoms with Crippen LogP contribution < -0.4 is 10.2 Å². The van der Waals surface area contributed by atoms with Crippen LogP contribution in [0.2, 0.25) is 5.02 Å². The molecule has 0 aliphatic rings. The van der Waals surface area contributed by atoms with Crippen LogP contribution in [0.15, 0.2) is 77.7 Å². The highest BCUT2D eigenvalue weighted by molar-refractivity contribution is 7.80. The number of esters is 1. The van der Waals surface area contributed by atoms with Crippen molar-refractivity contribution in [1.82, 2.24) is 5.32 Å². The SMILES string of the molecule is CC(C)(C)OC(=O)c1ccc(N(Cc2ccc(C(F)(F)F)cc2)C(=O)CNCc2ccc(Cl)cc2)cc1.Fc1c(F)c(F)c(S)c(F)c1F.O.O. The topological polar surface area (TPSA) is 122 Å². The van der Waals surface area contributed by atoms with Gasteiger partial charge in [0.25, 0.3) is 0 Å². The van der Waals surface area contributed by atoms with E-state index in [4.69, 9.17) is 16.3 Å². The Morgan fingerprint density at radius 3 is 1.69 bits per heavy atom. The molecule has 0 fully saturated rings. The van der Waals surface area contributed by atoms with Crippen LogP contribution in [0.1, 0.15) is 47.8 Å². The summed E-state index contributed by atoms with van der Waals surface area (Å²) in [6, 6.07) is 18.2. The Bertz CT molecular complexity index is 1670. The van der Waals surface area contributed by atoms with Crippen molar-refractivity contribution in [3.8, 4) is 0 Å². The first-order chi connectivity index (χ1) is 22.8. The lowest BCUT2D eigenvalue weighted by Crippen LogP contribution is -2.37. The van der Waals surface area contributed by atoms with Crippen LogP contribution >= 0.6 is 24.2 Å². The fraction of sp³-hybridized carbons (Fsp3) is 0.235. The molecule has 51 heavy (non-hydrogen) atoms. The number of carbonyl (C=O) groups is 2. The number of nitrogens with zero attached hydrogens (tertiary/aromatic N) is 1. The van der Waals surface area contributed by atoms with E-state index in [0.717, 1.165) is 17.7 Å². The molecule has 0 aliphatic carbocycles. The minimum atomic E-state index is -4.45. The third kappa shape index (κ3) is 12.8. The third-order valence-electron chi connectivity index (χ3n) is 6.44. The molecule has 0 bridgehead atoms. The Hall–Kier alpha value is -4.22. The second-order valence-corrected chi connectivity index (χ2v) is 12.3. The number of ether oxygens (including phenoxy) is 1.